The molecule has 0 spiro atoms. The van der Waals surface area contributed by atoms with Gasteiger partial charge in [0.05, 0.1) is 67.0 Å². The van der Waals surface area contributed by atoms with Gasteiger partial charge in [-0.2, -0.15) is 0 Å². The number of hydrazine groups is 1. The minimum Gasteiger partial charge on any atom is -0.464 e. The van der Waals surface area contributed by atoms with Crippen molar-refractivity contribution in [3.63, 3.8) is 0 Å². The number of rotatable bonds is 11. The number of esters is 1. The molecule has 0 unspecified atom stereocenters. The lowest BCUT2D eigenvalue weighted by Gasteiger charge is -2.54. The van der Waals surface area contributed by atoms with E-state index in [2.05, 4.69) is 70.1 Å². The predicted octanol–water partition coefficient (Wildman–Crippen LogP) is 6.52. The molecule has 7 atom stereocenters. The number of likely N-dealkylation sites (tertiary alicyclic amines) is 2. The maximum absolute atomic E-state index is 15.5. The van der Waals surface area contributed by atoms with Crippen LogP contribution in [0.2, 0.25) is 0 Å². The second kappa shape index (κ2) is 21.6. The van der Waals surface area contributed by atoms with E-state index in [1.807, 2.05) is 21.4 Å². The Kier molecular flexibility index (Phi) is 14.6. The zero-order chi connectivity index (χ0) is 53.4. The van der Waals surface area contributed by atoms with Crippen molar-refractivity contribution in [1.82, 2.24) is 45.0 Å². The number of hydrogen-bond donors (Lipinski definition) is 2. The molecule has 9 fully saturated rings. The van der Waals surface area contributed by atoms with Gasteiger partial charge in [-0.05, 0) is 94.4 Å². The summed E-state index contributed by atoms with van der Waals surface area (Å²) in [7, 11) is 1.73. The van der Waals surface area contributed by atoms with Gasteiger partial charge >= 0.3 is 12.0 Å². The standard InChI is InChI=1S/C58H77FN10O8S/c1-34(73-4)49-44(26-41(28-60-49)65-16-14-64(15-17-65)39-6-7-39)52-45-27-58(2,3)33-77-56(71)50-36-23-40(24-36)69(63-50)55(70)51(62-57(72)68-29-37-31-75-21-12-47(37)68)53(66-13-9-38(59)30-66)54-61-46(32-78-54)35-5-8-48(43(45)25-35)67(52)18-22-76-42-10-19-74-20-11-42/h5,8,25-26,28,32,34,36-40,42,47,50-51,53,63H,6-7,9-24,27,29-31,33H2,1-4H3,(H,62,72)/t34-,36?,37+,38-,40?,47-,50-,51-,53-/m0/s1. The van der Waals surface area contributed by atoms with Gasteiger partial charge in [0.1, 0.15) is 23.3 Å². The number of benzene rings is 1. The summed E-state index contributed by atoms with van der Waals surface area (Å²) in [6.45, 7) is 15.0. The Hall–Kier alpha value is -4.80. The molecule has 0 radical (unpaired) electrons. The number of halogens is 1. The van der Waals surface area contributed by atoms with E-state index in [0.29, 0.717) is 89.4 Å². The van der Waals surface area contributed by atoms with Gasteiger partial charge in [0.15, 0.2) is 0 Å². The number of piperazine rings is 1. The monoisotopic (exact) mass is 1090 g/mol. The highest BCUT2D eigenvalue weighted by atomic mass is 32.1. The number of carbonyl (C=O) groups is 3. The van der Waals surface area contributed by atoms with E-state index in [9.17, 15) is 9.59 Å². The molecule has 2 saturated carbocycles. The Morgan fingerprint density at radius 2 is 1.77 bits per heavy atom. The van der Waals surface area contributed by atoms with Gasteiger partial charge in [-0.1, -0.05) is 19.9 Å². The van der Waals surface area contributed by atoms with Crippen LogP contribution in [0.1, 0.15) is 101 Å². The second-order valence-electron chi connectivity index (χ2n) is 24.5. The normalized spacial score (nSPS) is 30.3. The van der Waals surface area contributed by atoms with Crippen LogP contribution >= 0.6 is 11.3 Å². The molecule has 1 aromatic carbocycles. The molecule has 4 aromatic rings. The number of pyridine rings is 1. The van der Waals surface area contributed by atoms with Crippen molar-refractivity contribution < 1.29 is 42.5 Å². The summed E-state index contributed by atoms with van der Waals surface area (Å²) in [6.07, 6.45) is 7.77. The Balaban J connectivity index is 0.949. The maximum atomic E-state index is 15.5. The molecule has 420 valence electrons. The summed E-state index contributed by atoms with van der Waals surface area (Å²) >= 11 is 1.43. The molecule has 2 N–H and O–H groups in total. The molecule has 20 heteroatoms. The predicted molar refractivity (Wildman–Crippen MR) is 293 cm³/mol. The van der Waals surface area contributed by atoms with Crippen LogP contribution in [0.15, 0.2) is 35.8 Å². The lowest BCUT2D eigenvalue weighted by molar-refractivity contribution is -0.171. The van der Waals surface area contributed by atoms with Gasteiger partial charge in [0.25, 0.3) is 5.91 Å². The van der Waals surface area contributed by atoms with Gasteiger partial charge in [-0.15, -0.1) is 11.3 Å². The van der Waals surface area contributed by atoms with Crippen LogP contribution < -0.4 is 15.6 Å². The summed E-state index contributed by atoms with van der Waals surface area (Å²) in [5.74, 6) is -0.566. The molecule has 7 saturated heterocycles. The van der Waals surface area contributed by atoms with Gasteiger partial charge < -0.3 is 43.4 Å². The smallest absolute Gasteiger partial charge is 0.325 e. The van der Waals surface area contributed by atoms with Crippen molar-refractivity contribution in [2.24, 2.45) is 17.3 Å². The number of ether oxygens (including phenoxy) is 5. The number of methoxy groups -OCH3 is 1. The van der Waals surface area contributed by atoms with Crippen LogP contribution in [0, 0.1) is 17.3 Å². The summed E-state index contributed by atoms with van der Waals surface area (Å²) in [5.41, 5.74) is 10.4. The number of alkyl halides is 1. The van der Waals surface area contributed by atoms with Crippen LogP contribution in [-0.2, 0) is 46.2 Å². The summed E-state index contributed by atoms with van der Waals surface area (Å²) in [6, 6.07) is 6.35. The minimum absolute atomic E-state index is 0.0153. The molecular weight excluding hydrogens is 1020 g/mol. The summed E-state index contributed by atoms with van der Waals surface area (Å²) in [5, 5.41) is 8.47. The number of anilines is 1. The zero-order valence-corrected chi connectivity index (χ0v) is 46.5. The first-order valence-corrected chi connectivity index (χ1v) is 29.9. The molecule has 3 aromatic heterocycles. The van der Waals surface area contributed by atoms with E-state index < -0.39 is 35.7 Å². The highest BCUT2D eigenvalue weighted by Crippen LogP contribution is 2.46. The number of nitrogens with one attached hydrogen (secondary N) is 2. The molecule has 2 aliphatic carbocycles. The molecule has 3 amide bonds. The van der Waals surface area contributed by atoms with Crippen LogP contribution in [-0.4, -0.2) is 187 Å². The number of amides is 3. The first-order chi connectivity index (χ1) is 37.9. The molecular formula is C58H77FN10O8S. The Morgan fingerprint density at radius 1 is 0.962 bits per heavy atom. The lowest BCUT2D eigenvalue weighted by Crippen LogP contribution is -2.73. The molecule has 78 heavy (non-hydrogen) atoms. The van der Waals surface area contributed by atoms with Crippen molar-refractivity contribution in [3.8, 4) is 22.5 Å². The Morgan fingerprint density at radius 3 is 2.53 bits per heavy atom. The van der Waals surface area contributed by atoms with Crippen molar-refractivity contribution in [2.75, 3.05) is 97.5 Å². The van der Waals surface area contributed by atoms with Crippen LogP contribution in [0.5, 0.6) is 0 Å². The molecule has 10 aliphatic rings. The number of aromatic nitrogens is 3. The van der Waals surface area contributed by atoms with Crippen LogP contribution in [0.3, 0.4) is 0 Å². The van der Waals surface area contributed by atoms with Crippen molar-refractivity contribution in [2.45, 2.75) is 140 Å². The second-order valence-corrected chi connectivity index (χ2v) is 25.4. The number of hydrogen-bond acceptors (Lipinski definition) is 15. The quantitative estimate of drug-likeness (QED) is 0.156. The lowest BCUT2D eigenvalue weighted by atomic mass is 9.73. The topological polar surface area (TPSA) is 168 Å². The third-order valence-electron chi connectivity index (χ3n) is 18.7. The Bertz CT molecular complexity index is 2880. The van der Waals surface area contributed by atoms with Crippen LogP contribution in [0.25, 0.3) is 33.4 Å². The number of cyclic esters (lactones) is 1. The average molecular weight is 1090 g/mol. The van der Waals surface area contributed by atoms with E-state index in [0.717, 1.165) is 95.8 Å². The van der Waals surface area contributed by atoms with Gasteiger partial charge in [0.2, 0.25) is 0 Å². The summed E-state index contributed by atoms with van der Waals surface area (Å²) in [4.78, 5) is 64.2. The Labute approximate surface area is 460 Å². The first kappa shape index (κ1) is 52.6. The fourth-order valence-electron chi connectivity index (χ4n) is 13.9. The fraction of sp³-hybridized carbons (Fsp3) is 0.672. The molecule has 14 rings (SSSR count). The largest absolute Gasteiger partial charge is 0.464 e. The molecule has 11 heterocycles. The third kappa shape index (κ3) is 10.1. The first-order valence-electron chi connectivity index (χ1n) is 29.0. The van der Waals surface area contributed by atoms with Crippen LogP contribution in [0.4, 0.5) is 14.9 Å². The number of nitrogens with zero attached hydrogens (tertiary/aromatic N) is 8. The van der Waals surface area contributed by atoms with Crippen molar-refractivity contribution >= 4 is 45.8 Å². The van der Waals surface area contributed by atoms with Crippen molar-refractivity contribution in [3.05, 3.63) is 52.1 Å². The van der Waals surface area contributed by atoms with Crippen molar-refractivity contribution in [1.29, 1.82) is 0 Å². The number of thiazole rings is 1. The summed E-state index contributed by atoms with van der Waals surface area (Å²) < 4.78 is 48.6. The average Bonchev–Trinajstić information content (AvgIpc) is 4.05. The molecule has 18 nitrogen and oxygen atoms in total. The number of fused-ring (bicyclic) bond motifs is 5. The molecule has 8 bridgehead atoms. The van der Waals surface area contributed by atoms with E-state index in [1.165, 1.54) is 24.2 Å². The van der Waals surface area contributed by atoms with E-state index in [-0.39, 0.29) is 61.2 Å². The van der Waals surface area contributed by atoms with Gasteiger partial charge in [0, 0.05) is 136 Å². The van der Waals surface area contributed by atoms with E-state index in [1.54, 1.807) is 12.1 Å². The highest BCUT2D eigenvalue weighted by molar-refractivity contribution is 7.10. The number of urea groups is 1. The highest BCUT2D eigenvalue weighted by Gasteiger charge is 2.54. The SMILES string of the molecule is CO[C@@H](C)c1ncc(N2CCN(C3CC3)CC2)cc1-c1c2c3cc(ccc3n1CCOC1CCOCC1)-c1csc(n1)[C@@H](N1CC[C@H](F)C1)[C@H](NC(=O)N1C[C@@H]3COCC[C@@H]31)C(=O)N1N[C@H](C(=O)OCC(C)(C)C2)C2CC1C2. The van der Waals surface area contributed by atoms with Gasteiger partial charge in [-0.3, -0.25) is 29.4 Å². The number of carbonyl (C=O) groups excluding carboxylic acids is 3. The van der Waals surface area contributed by atoms with E-state index >= 15 is 9.18 Å². The zero-order valence-electron chi connectivity index (χ0n) is 45.7. The molecule has 8 aliphatic heterocycles. The fourth-order valence-corrected chi connectivity index (χ4v) is 14.9. The van der Waals surface area contributed by atoms with Gasteiger partial charge in [-0.25, -0.2) is 19.6 Å². The minimum atomic E-state index is -1.15. The van der Waals surface area contributed by atoms with E-state index in [4.69, 9.17) is 33.7 Å². The maximum Gasteiger partial charge on any atom is 0.325 e. The third-order valence-corrected chi connectivity index (χ3v) is 19.6.